The maximum Gasteiger partial charge on any atom is 0.306 e. The van der Waals surface area contributed by atoms with E-state index in [2.05, 4.69) is 0 Å². The summed E-state index contributed by atoms with van der Waals surface area (Å²) in [6.07, 6.45) is 0.254. The van der Waals surface area contributed by atoms with E-state index >= 15 is 0 Å². The van der Waals surface area contributed by atoms with Gasteiger partial charge in [-0.25, -0.2) is 0 Å². The smallest absolute Gasteiger partial charge is 0.306 e. The zero-order valence-electron chi connectivity index (χ0n) is 10.5. The van der Waals surface area contributed by atoms with Crippen LogP contribution in [0.4, 0.5) is 0 Å². The number of esters is 1. The first-order chi connectivity index (χ1) is 7.95. The van der Waals surface area contributed by atoms with Gasteiger partial charge in [0.1, 0.15) is 6.10 Å². The van der Waals surface area contributed by atoms with E-state index in [1.54, 1.807) is 0 Å². The Morgan fingerprint density at radius 2 is 1.94 bits per heavy atom. The lowest BCUT2D eigenvalue weighted by Crippen LogP contribution is -2.31. The largest absolute Gasteiger partial charge is 0.481 e. The Morgan fingerprint density at radius 3 is 2.47 bits per heavy atom. The topological polar surface area (TPSA) is 72.8 Å². The van der Waals surface area contributed by atoms with Crippen molar-refractivity contribution in [3.63, 3.8) is 0 Å². The van der Waals surface area contributed by atoms with Gasteiger partial charge >= 0.3 is 11.9 Å². The van der Waals surface area contributed by atoms with Crippen LogP contribution >= 0.6 is 0 Å². The summed E-state index contributed by atoms with van der Waals surface area (Å²) >= 11 is 0. The lowest BCUT2D eigenvalue weighted by Gasteiger charge is -2.20. The highest BCUT2D eigenvalue weighted by molar-refractivity contribution is 5.76. The second-order valence-electron chi connectivity index (χ2n) is 4.50. The summed E-state index contributed by atoms with van der Waals surface area (Å²) in [4.78, 5) is 21.8. The van der Waals surface area contributed by atoms with Crippen LogP contribution in [-0.2, 0) is 19.1 Å². The molecule has 1 saturated heterocycles. The molecule has 0 aromatic rings. The van der Waals surface area contributed by atoms with Crippen molar-refractivity contribution < 1.29 is 24.2 Å². The molecule has 0 aromatic heterocycles. The predicted molar refractivity (Wildman–Crippen MR) is 60.5 cm³/mol. The Bertz CT molecular complexity index is 289. The maximum atomic E-state index is 11.5. The first-order valence-corrected chi connectivity index (χ1v) is 6.02. The number of carboxylic acid groups (broad SMARTS) is 1. The maximum absolute atomic E-state index is 11.5. The summed E-state index contributed by atoms with van der Waals surface area (Å²) in [5.74, 6) is -1.30. The van der Waals surface area contributed by atoms with E-state index in [1.165, 1.54) is 0 Å². The van der Waals surface area contributed by atoms with Crippen LogP contribution in [0.3, 0.4) is 0 Å². The summed E-state index contributed by atoms with van der Waals surface area (Å²) < 4.78 is 11.0. The van der Waals surface area contributed by atoms with Crippen LogP contribution in [0.1, 0.15) is 40.0 Å². The second-order valence-corrected chi connectivity index (χ2v) is 4.50. The van der Waals surface area contributed by atoms with Crippen molar-refractivity contribution in [2.24, 2.45) is 5.92 Å². The van der Waals surface area contributed by atoms with Crippen LogP contribution in [-0.4, -0.2) is 35.4 Å². The molecule has 17 heavy (non-hydrogen) atoms. The van der Waals surface area contributed by atoms with Crippen molar-refractivity contribution in [1.29, 1.82) is 0 Å². The van der Waals surface area contributed by atoms with E-state index in [0.717, 1.165) is 6.42 Å². The van der Waals surface area contributed by atoms with Gasteiger partial charge in [0, 0.05) is 5.92 Å². The van der Waals surface area contributed by atoms with Gasteiger partial charge in [0.05, 0.1) is 25.0 Å². The fraction of sp³-hybridized carbons (Fsp3) is 0.833. The molecule has 1 aliphatic rings. The number of hydrogen-bond acceptors (Lipinski definition) is 4. The number of aliphatic carboxylic acids is 1. The van der Waals surface area contributed by atoms with Gasteiger partial charge in [0.15, 0.2) is 0 Å². The summed E-state index contributed by atoms with van der Waals surface area (Å²) in [5, 5.41) is 8.48. The molecular formula is C12H20O5. The summed E-state index contributed by atoms with van der Waals surface area (Å²) in [6.45, 7) is 5.92. The Morgan fingerprint density at radius 1 is 1.29 bits per heavy atom. The lowest BCUT2D eigenvalue weighted by molar-refractivity contribution is -0.155. The molecule has 1 unspecified atom stereocenters. The van der Waals surface area contributed by atoms with Crippen LogP contribution in [0.15, 0.2) is 0 Å². The molecule has 0 saturated carbocycles. The van der Waals surface area contributed by atoms with Crippen molar-refractivity contribution in [3.05, 3.63) is 0 Å². The number of ether oxygens (including phenoxy) is 2. The molecule has 1 aliphatic heterocycles. The minimum absolute atomic E-state index is 0.0669. The first-order valence-electron chi connectivity index (χ1n) is 6.02. The average molecular weight is 244 g/mol. The first kappa shape index (κ1) is 14.0. The molecule has 5 heteroatoms. The minimum Gasteiger partial charge on any atom is -0.481 e. The van der Waals surface area contributed by atoms with E-state index < -0.39 is 11.9 Å². The standard InChI is InChI=1S/C12H20O5/c1-4-9-12(7(2)8(3)16-9)17-11(15)6-5-10(13)14/h7-9,12H,4-6H2,1-3H3,(H,13,14)/t7?,8-,9+,12+/m0/s1. The predicted octanol–water partition coefficient (Wildman–Crippen LogP) is 1.60. The van der Waals surface area contributed by atoms with Gasteiger partial charge in [-0.3, -0.25) is 9.59 Å². The Hall–Kier alpha value is -1.10. The third kappa shape index (κ3) is 3.70. The van der Waals surface area contributed by atoms with E-state index in [1.807, 2.05) is 20.8 Å². The quantitative estimate of drug-likeness (QED) is 0.743. The van der Waals surface area contributed by atoms with Crippen molar-refractivity contribution in [2.75, 3.05) is 0 Å². The monoisotopic (exact) mass is 244 g/mol. The number of rotatable bonds is 5. The van der Waals surface area contributed by atoms with Crippen LogP contribution < -0.4 is 0 Å². The Kier molecular flexibility index (Phi) is 4.93. The van der Waals surface area contributed by atoms with E-state index in [9.17, 15) is 9.59 Å². The normalized spacial score (nSPS) is 32.4. The molecule has 98 valence electrons. The number of hydrogen-bond donors (Lipinski definition) is 1. The zero-order valence-corrected chi connectivity index (χ0v) is 10.5. The van der Waals surface area contributed by atoms with Gasteiger partial charge < -0.3 is 14.6 Å². The Balaban J connectivity index is 2.48. The van der Waals surface area contributed by atoms with Crippen LogP contribution in [0.5, 0.6) is 0 Å². The average Bonchev–Trinajstić information content (AvgIpc) is 2.54. The molecule has 1 fully saturated rings. The van der Waals surface area contributed by atoms with Gasteiger partial charge in [-0.1, -0.05) is 13.8 Å². The third-order valence-corrected chi connectivity index (χ3v) is 3.23. The SMILES string of the molecule is CC[C@H]1O[C@@H](C)C(C)[C@H]1OC(=O)CCC(=O)O. The van der Waals surface area contributed by atoms with Crippen molar-refractivity contribution in [2.45, 2.75) is 58.3 Å². The highest BCUT2D eigenvalue weighted by Gasteiger charge is 2.41. The van der Waals surface area contributed by atoms with Crippen molar-refractivity contribution in [1.82, 2.24) is 0 Å². The number of carbonyl (C=O) groups excluding carboxylic acids is 1. The molecule has 1 heterocycles. The highest BCUT2D eigenvalue weighted by Crippen LogP contribution is 2.30. The van der Waals surface area contributed by atoms with Crippen molar-refractivity contribution in [3.8, 4) is 0 Å². The molecule has 0 aromatic carbocycles. The molecule has 1 N–H and O–H groups in total. The van der Waals surface area contributed by atoms with Gasteiger partial charge in [-0.15, -0.1) is 0 Å². The molecule has 0 spiro atoms. The number of carbonyl (C=O) groups is 2. The summed E-state index contributed by atoms with van der Waals surface area (Å²) in [5.41, 5.74) is 0. The van der Waals surface area contributed by atoms with Crippen LogP contribution in [0.2, 0.25) is 0 Å². The minimum atomic E-state index is -0.988. The fourth-order valence-electron chi connectivity index (χ4n) is 2.01. The molecule has 0 aliphatic carbocycles. The van der Waals surface area contributed by atoms with E-state index in [4.69, 9.17) is 14.6 Å². The third-order valence-electron chi connectivity index (χ3n) is 3.23. The molecule has 0 bridgehead atoms. The van der Waals surface area contributed by atoms with Gasteiger partial charge in [0.25, 0.3) is 0 Å². The molecule has 1 rings (SSSR count). The highest BCUT2D eigenvalue weighted by atomic mass is 16.6. The summed E-state index contributed by atoms with van der Waals surface area (Å²) in [7, 11) is 0. The molecule has 4 atom stereocenters. The molecule has 0 radical (unpaired) electrons. The van der Waals surface area contributed by atoms with Crippen LogP contribution in [0.25, 0.3) is 0 Å². The Labute approximate surface area is 101 Å². The molecule has 5 nitrogen and oxygen atoms in total. The van der Waals surface area contributed by atoms with E-state index in [0.29, 0.717) is 0 Å². The van der Waals surface area contributed by atoms with Gasteiger partial charge in [0.2, 0.25) is 0 Å². The second kappa shape index (κ2) is 6.00. The zero-order chi connectivity index (χ0) is 13.0. The lowest BCUT2D eigenvalue weighted by atomic mass is 9.98. The van der Waals surface area contributed by atoms with Gasteiger partial charge in [-0.05, 0) is 13.3 Å². The fourth-order valence-corrected chi connectivity index (χ4v) is 2.01. The summed E-state index contributed by atoms with van der Waals surface area (Å²) in [6, 6.07) is 0. The van der Waals surface area contributed by atoms with E-state index in [-0.39, 0.29) is 37.1 Å². The van der Waals surface area contributed by atoms with Gasteiger partial charge in [-0.2, -0.15) is 0 Å². The molecular weight excluding hydrogens is 224 g/mol. The van der Waals surface area contributed by atoms with Crippen molar-refractivity contribution >= 4 is 11.9 Å². The van der Waals surface area contributed by atoms with Crippen LogP contribution in [0, 0.1) is 5.92 Å². The number of carboxylic acids is 1. The molecule has 0 amide bonds.